The van der Waals surface area contributed by atoms with E-state index in [4.69, 9.17) is 18.5 Å². The number of carbonyl (C=O) groups is 2. The Morgan fingerprint density at radius 2 is 0.887 bits per heavy atom. The van der Waals surface area contributed by atoms with Crippen molar-refractivity contribution in [2.75, 3.05) is 13.2 Å². The van der Waals surface area contributed by atoms with Crippen molar-refractivity contribution in [1.82, 2.24) is 0 Å². The Morgan fingerprint density at radius 3 is 1.35 bits per heavy atom. The summed E-state index contributed by atoms with van der Waals surface area (Å²) in [5, 5.41) is 50.2. The van der Waals surface area contributed by atoms with Crippen LogP contribution in [-0.2, 0) is 32.7 Å². The van der Waals surface area contributed by atoms with Gasteiger partial charge in [0, 0.05) is 12.8 Å². The fourth-order valence-electron chi connectivity index (χ4n) is 7.54. The van der Waals surface area contributed by atoms with E-state index in [1.807, 2.05) is 0 Å². The Hall–Kier alpha value is -1.67. The minimum Gasteiger partial charge on any atom is -0.462 e. The van der Waals surface area contributed by atoms with Crippen LogP contribution in [0, 0.1) is 0 Å². The van der Waals surface area contributed by atoms with E-state index in [1.54, 1.807) is 0 Å². The van der Waals surface area contributed by atoms with Crippen molar-refractivity contribution < 1.29 is 63.1 Å². The average Bonchev–Trinajstić information content (AvgIpc) is 3.25. The zero-order valence-corrected chi connectivity index (χ0v) is 39.6. The third-order valence-electron chi connectivity index (χ3n) is 11.5. The third kappa shape index (κ3) is 30.5. The molecular formula is C48H89O13P. The molecule has 0 saturated heterocycles. The molecule has 1 rings (SSSR count). The summed E-state index contributed by atoms with van der Waals surface area (Å²) in [7, 11) is -5.12. The Balaban J connectivity index is 2.40. The first-order chi connectivity index (χ1) is 29.9. The molecule has 0 aromatic heterocycles. The highest BCUT2D eigenvalue weighted by molar-refractivity contribution is 7.47. The minimum atomic E-state index is -5.12. The standard InChI is InChI=1S/C48H89O13P/c1-3-5-7-9-11-13-15-17-19-20-21-22-23-25-26-28-30-32-34-36-41(49)58-38-40(39-59-62(56,57)61-48-46(54)44(52)43(51)45(53)47(48)55)60-42(50)37-35-33-31-29-27-24-18-16-14-12-10-8-6-4-2/h10,12,16,18,40,43-48,51-55H,3-9,11,13-15,17,19-39H2,1-2H3,(H,56,57)/b12-10-,18-16-/t40-,43?,44-,45?,46?,47?,48?/m1/s1. The number of aliphatic hydroxyl groups is 5. The maximum Gasteiger partial charge on any atom is 0.472 e. The summed E-state index contributed by atoms with van der Waals surface area (Å²) in [6.45, 7) is 3.27. The first-order valence-electron chi connectivity index (χ1n) is 24.6. The van der Waals surface area contributed by atoms with Gasteiger partial charge >= 0.3 is 19.8 Å². The van der Waals surface area contributed by atoms with Gasteiger partial charge in [-0.1, -0.05) is 186 Å². The number of aliphatic hydroxyl groups excluding tert-OH is 5. The third-order valence-corrected chi connectivity index (χ3v) is 12.5. The number of allylic oxidation sites excluding steroid dienone is 4. The lowest BCUT2D eigenvalue weighted by atomic mass is 9.85. The van der Waals surface area contributed by atoms with Crippen LogP contribution in [0.5, 0.6) is 0 Å². The van der Waals surface area contributed by atoms with E-state index in [0.717, 1.165) is 64.2 Å². The molecule has 0 aromatic rings. The molecule has 1 saturated carbocycles. The zero-order chi connectivity index (χ0) is 45.7. The van der Waals surface area contributed by atoms with Gasteiger partial charge in [-0.15, -0.1) is 0 Å². The summed E-state index contributed by atoms with van der Waals surface area (Å²) in [5.41, 5.74) is 0. The number of carbonyl (C=O) groups excluding carboxylic acids is 2. The predicted molar refractivity (Wildman–Crippen MR) is 244 cm³/mol. The fourth-order valence-corrected chi connectivity index (χ4v) is 8.51. The van der Waals surface area contributed by atoms with Crippen LogP contribution in [0.1, 0.15) is 213 Å². The maximum absolute atomic E-state index is 12.8. The van der Waals surface area contributed by atoms with Crippen LogP contribution in [0.4, 0.5) is 0 Å². The highest BCUT2D eigenvalue weighted by Gasteiger charge is 2.51. The number of phosphoric acid groups is 1. The first kappa shape index (κ1) is 58.3. The molecule has 0 radical (unpaired) electrons. The number of hydrogen-bond acceptors (Lipinski definition) is 12. The molecule has 0 aromatic carbocycles. The number of hydrogen-bond donors (Lipinski definition) is 6. The van der Waals surface area contributed by atoms with Crippen molar-refractivity contribution in [2.45, 2.75) is 256 Å². The Kier molecular flexibility index (Phi) is 36.3. The summed E-state index contributed by atoms with van der Waals surface area (Å²) in [6, 6.07) is 0. The molecule has 6 unspecified atom stereocenters. The van der Waals surface area contributed by atoms with Crippen molar-refractivity contribution in [2.24, 2.45) is 0 Å². The minimum absolute atomic E-state index is 0.0833. The quantitative estimate of drug-likeness (QED) is 0.0146. The molecule has 0 bridgehead atoms. The first-order valence-corrected chi connectivity index (χ1v) is 26.1. The molecule has 364 valence electrons. The van der Waals surface area contributed by atoms with Crippen LogP contribution in [-0.4, -0.2) is 98.3 Å². The van der Waals surface area contributed by atoms with Gasteiger partial charge in [0.25, 0.3) is 0 Å². The Labute approximate surface area is 375 Å². The van der Waals surface area contributed by atoms with Crippen molar-refractivity contribution in [3.63, 3.8) is 0 Å². The molecule has 1 aliphatic rings. The molecule has 0 heterocycles. The van der Waals surface area contributed by atoms with Gasteiger partial charge in [-0.05, 0) is 38.5 Å². The van der Waals surface area contributed by atoms with Crippen molar-refractivity contribution in [3.05, 3.63) is 24.3 Å². The molecule has 14 heteroatoms. The lowest BCUT2D eigenvalue weighted by Gasteiger charge is -2.41. The van der Waals surface area contributed by atoms with Gasteiger partial charge < -0.3 is 39.9 Å². The molecular weight excluding hydrogens is 815 g/mol. The molecule has 1 fully saturated rings. The van der Waals surface area contributed by atoms with E-state index in [1.165, 1.54) is 109 Å². The topological polar surface area (TPSA) is 210 Å². The monoisotopic (exact) mass is 905 g/mol. The number of ether oxygens (including phenoxy) is 2. The normalized spacial score (nSPS) is 22.0. The highest BCUT2D eigenvalue weighted by atomic mass is 31.2. The van der Waals surface area contributed by atoms with E-state index in [2.05, 4.69) is 38.2 Å². The molecule has 0 amide bonds. The van der Waals surface area contributed by atoms with Crippen LogP contribution in [0.3, 0.4) is 0 Å². The lowest BCUT2D eigenvalue weighted by molar-refractivity contribution is -0.220. The molecule has 6 N–H and O–H groups in total. The summed E-state index contributed by atoms with van der Waals surface area (Å²) in [5.74, 6) is -1.11. The summed E-state index contributed by atoms with van der Waals surface area (Å²) >= 11 is 0. The smallest absolute Gasteiger partial charge is 0.462 e. The fraction of sp³-hybridized carbons (Fsp3) is 0.875. The van der Waals surface area contributed by atoms with E-state index in [9.17, 15) is 44.6 Å². The second-order valence-corrected chi connectivity index (χ2v) is 18.7. The van der Waals surface area contributed by atoms with Crippen LogP contribution in [0.25, 0.3) is 0 Å². The molecule has 0 spiro atoms. The van der Waals surface area contributed by atoms with Crippen molar-refractivity contribution in [3.8, 4) is 0 Å². The number of phosphoric ester groups is 1. The van der Waals surface area contributed by atoms with Gasteiger partial charge in [-0.25, -0.2) is 4.57 Å². The van der Waals surface area contributed by atoms with Crippen molar-refractivity contribution in [1.29, 1.82) is 0 Å². The van der Waals surface area contributed by atoms with E-state index in [0.29, 0.717) is 12.8 Å². The number of esters is 2. The zero-order valence-electron chi connectivity index (χ0n) is 38.7. The van der Waals surface area contributed by atoms with Gasteiger partial charge in [-0.2, -0.15) is 0 Å². The van der Waals surface area contributed by atoms with Gasteiger partial charge in [0.05, 0.1) is 6.61 Å². The van der Waals surface area contributed by atoms with Gasteiger partial charge in [0.1, 0.15) is 43.2 Å². The van der Waals surface area contributed by atoms with Gasteiger partial charge in [0.15, 0.2) is 6.10 Å². The Morgan fingerprint density at radius 1 is 0.500 bits per heavy atom. The second-order valence-electron chi connectivity index (χ2n) is 17.3. The number of rotatable bonds is 41. The van der Waals surface area contributed by atoms with Gasteiger partial charge in [0.2, 0.25) is 0 Å². The van der Waals surface area contributed by atoms with E-state index in [-0.39, 0.29) is 12.8 Å². The summed E-state index contributed by atoms with van der Waals surface area (Å²) in [4.78, 5) is 35.7. The van der Waals surface area contributed by atoms with Crippen LogP contribution >= 0.6 is 7.82 Å². The van der Waals surface area contributed by atoms with Crippen LogP contribution in [0.15, 0.2) is 24.3 Å². The highest BCUT2D eigenvalue weighted by Crippen LogP contribution is 2.47. The van der Waals surface area contributed by atoms with Crippen LogP contribution < -0.4 is 0 Å². The SMILES string of the molecule is CCCC/C=C\C/C=C\CCCCCCCC(=O)O[C@H](COC(=O)CCCCCCCCCCCCCCCCCCCCC)COP(=O)(O)OC1C(O)C(O)C(O)[C@@H](O)C1O. The number of unbranched alkanes of at least 4 members (excludes halogenated alkanes) is 25. The maximum atomic E-state index is 12.8. The predicted octanol–water partition coefficient (Wildman–Crippen LogP) is 10.0. The Bertz CT molecular complexity index is 1180. The van der Waals surface area contributed by atoms with Gasteiger partial charge in [-0.3, -0.25) is 18.6 Å². The lowest BCUT2D eigenvalue weighted by Crippen LogP contribution is -2.64. The van der Waals surface area contributed by atoms with Crippen LogP contribution in [0.2, 0.25) is 0 Å². The second kappa shape index (κ2) is 38.6. The summed E-state index contributed by atoms with van der Waals surface area (Å²) in [6.07, 6.45) is 29.4. The molecule has 1 aliphatic carbocycles. The largest absolute Gasteiger partial charge is 0.472 e. The molecule has 13 nitrogen and oxygen atoms in total. The van der Waals surface area contributed by atoms with Crippen molar-refractivity contribution >= 4 is 19.8 Å². The molecule has 62 heavy (non-hydrogen) atoms. The molecule has 0 aliphatic heterocycles. The van der Waals surface area contributed by atoms with E-state index < -0.39 is 75.7 Å². The summed E-state index contributed by atoms with van der Waals surface area (Å²) < 4.78 is 33.6. The van der Waals surface area contributed by atoms with E-state index >= 15 is 0 Å². The molecule has 8 atom stereocenters. The average molecular weight is 905 g/mol.